The highest BCUT2D eigenvalue weighted by molar-refractivity contribution is 6.34. The fraction of sp³-hybridized carbons (Fsp3) is 0.385. The van der Waals surface area contributed by atoms with Crippen molar-refractivity contribution in [1.29, 1.82) is 0 Å². The first-order chi connectivity index (χ1) is 9.06. The summed E-state index contributed by atoms with van der Waals surface area (Å²) in [6, 6.07) is 4.21. The van der Waals surface area contributed by atoms with Crippen molar-refractivity contribution in [3.63, 3.8) is 0 Å². The van der Waals surface area contributed by atoms with Gasteiger partial charge in [0.25, 0.3) is 0 Å². The Morgan fingerprint density at radius 1 is 1.37 bits per heavy atom. The number of hydrogen-bond donors (Lipinski definition) is 3. The number of hydrogen-bond acceptors (Lipinski definition) is 3. The Hall–Kier alpha value is -1.59. The number of halogens is 1. The van der Waals surface area contributed by atoms with Crippen LogP contribution in [0.25, 0.3) is 0 Å². The second-order valence-electron chi connectivity index (χ2n) is 4.62. The standard InChI is InChI=1S/C13H15ClN2O3/c14-10-5-9(13(18)19)3-4-11(10)16-12(17)7-15-6-8-1-2-8/h3-5,8,15H,1-2,6-7H2,(H,16,17)(H,18,19). The molecule has 1 aromatic carbocycles. The maximum absolute atomic E-state index is 11.6. The quantitative estimate of drug-likeness (QED) is 0.745. The molecule has 1 amide bonds. The average Bonchev–Trinajstić information content (AvgIpc) is 3.15. The van der Waals surface area contributed by atoms with Gasteiger partial charge in [-0.15, -0.1) is 0 Å². The largest absolute Gasteiger partial charge is 0.478 e. The molecule has 1 aliphatic carbocycles. The van der Waals surface area contributed by atoms with Crippen LogP contribution in [0.1, 0.15) is 23.2 Å². The third-order valence-electron chi connectivity index (χ3n) is 2.91. The first-order valence-electron chi connectivity index (χ1n) is 6.09. The van der Waals surface area contributed by atoms with Gasteiger partial charge in [-0.1, -0.05) is 11.6 Å². The highest BCUT2D eigenvalue weighted by atomic mass is 35.5. The van der Waals surface area contributed by atoms with Gasteiger partial charge in [0.1, 0.15) is 0 Å². The van der Waals surface area contributed by atoms with Crippen molar-refractivity contribution in [2.75, 3.05) is 18.4 Å². The summed E-state index contributed by atoms with van der Waals surface area (Å²) >= 11 is 5.91. The number of carboxylic acids is 1. The molecule has 2 rings (SSSR count). The molecule has 0 saturated heterocycles. The van der Waals surface area contributed by atoms with E-state index in [1.54, 1.807) is 0 Å². The van der Waals surface area contributed by atoms with Gasteiger partial charge in [-0.25, -0.2) is 4.79 Å². The molecule has 1 aromatic rings. The average molecular weight is 283 g/mol. The molecular weight excluding hydrogens is 268 g/mol. The van der Waals surface area contributed by atoms with Gasteiger partial charge in [-0.2, -0.15) is 0 Å². The number of carboxylic acid groups (broad SMARTS) is 1. The lowest BCUT2D eigenvalue weighted by atomic mass is 10.2. The van der Waals surface area contributed by atoms with Crippen molar-refractivity contribution < 1.29 is 14.7 Å². The Morgan fingerprint density at radius 2 is 2.11 bits per heavy atom. The van der Waals surface area contributed by atoms with Crippen LogP contribution in [0.4, 0.5) is 5.69 Å². The minimum Gasteiger partial charge on any atom is -0.478 e. The third-order valence-corrected chi connectivity index (χ3v) is 3.22. The number of aromatic carboxylic acids is 1. The first kappa shape index (κ1) is 13.8. The van der Waals surface area contributed by atoms with Gasteiger partial charge in [-0.05, 0) is 43.5 Å². The van der Waals surface area contributed by atoms with E-state index >= 15 is 0 Å². The van der Waals surface area contributed by atoms with Gasteiger partial charge in [0.15, 0.2) is 0 Å². The van der Waals surface area contributed by atoms with Crippen LogP contribution in [0.15, 0.2) is 18.2 Å². The van der Waals surface area contributed by atoms with Crippen LogP contribution in [0, 0.1) is 5.92 Å². The molecule has 0 spiro atoms. The van der Waals surface area contributed by atoms with Crippen LogP contribution in [-0.4, -0.2) is 30.1 Å². The monoisotopic (exact) mass is 282 g/mol. The topological polar surface area (TPSA) is 78.4 Å². The number of benzene rings is 1. The van der Waals surface area contributed by atoms with Crippen LogP contribution >= 0.6 is 11.6 Å². The van der Waals surface area contributed by atoms with Gasteiger partial charge < -0.3 is 15.7 Å². The van der Waals surface area contributed by atoms with Crippen molar-refractivity contribution in [3.8, 4) is 0 Å². The van der Waals surface area contributed by atoms with Gasteiger partial charge >= 0.3 is 5.97 Å². The van der Waals surface area contributed by atoms with E-state index in [0.29, 0.717) is 11.6 Å². The Labute approximate surface area is 116 Å². The second kappa shape index (κ2) is 6.04. The van der Waals surface area contributed by atoms with E-state index in [-0.39, 0.29) is 23.0 Å². The van der Waals surface area contributed by atoms with E-state index in [1.165, 1.54) is 31.0 Å². The molecule has 1 aliphatic rings. The first-order valence-corrected chi connectivity index (χ1v) is 6.47. The van der Waals surface area contributed by atoms with E-state index < -0.39 is 5.97 Å². The van der Waals surface area contributed by atoms with Gasteiger partial charge in [0.05, 0.1) is 22.8 Å². The minimum absolute atomic E-state index is 0.0925. The van der Waals surface area contributed by atoms with E-state index in [0.717, 1.165) is 6.54 Å². The zero-order valence-electron chi connectivity index (χ0n) is 10.3. The van der Waals surface area contributed by atoms with Crippen molar-refractivity contribution in [2.45, 2.75) is 12.8 Å². The number of anilines is 1. The molecule has 19 heavy (non-hydrogen) atoms. The smallest absolute Gasteiger partial charge is 0.335 e. The molecule has 0 atom stereocenters. The molecule has 0 bridgehead atoms. The lowest BCUT2D eigenvalue weighted by Crippen LogP contribution is -2.29. The predicted octanol–water partition coefficient (Wildman–Crippen LogP) is 1.98. The van der Waals surface area contributed by atoms with Crippen LogP contribution < -0.4 is 10.6 Å². The Morgan fingerprint density at radius 3 is 2.68 bits per heavy atom. The number of carbonyl (C=O) groups is 2. The summed E-state index contributed by atoms with van der Waals surface area (Å²) in [4.78, 5) is 22.4. The van der Waals surface area contributed by atoms with Gasteiger partial charge in [0, 0.05) is 0 Å². The summed E-state index contributed by atoms with van der Waals surface area (Å²) in [5.74, 6) is -0.525. The fourth-order valence-corrected chi connectivity index (χ4v) is 1.88. The molecule has 1 fully saturated rings. The maximum atomic E-state index is 11.6. The molecule has 6 heteroatoms. The number of nitrogens with one attached hydrogen (secondary N) is 2. The summed E-state index contributed by atoms with van der Waals surface area (Å²) in [5.41, 5.74) is 0.514. The summed E-state index contributed by atoms with van der Waals surface area (Å²) in [6.45, 7) is 1.09. The van der Waals surface area contributed by atoms with Crippen molar-refractivity contribution >= 4 is 29.2 Å². The predicted molar refractivity (Wildman–Crippen MR) is 72.6 cm³/mol. The Balaban J connectivity index is 1.86. The van der Waals surface area contributed by atoms with E-state index in [9.17, 15) is 9.59 Å². The molecular formula is C13H15ClN2O3. The van der Waals surface area contributed by atoms with Crippen LogP contribution in [0.5, 0.6) is 0 Å². The summed E-state index contributed by atoms with van der Waals surface area (Å²) < 4.78 is 0. The second-order valence-corrected chi connectivity index (χ2v) is 5.03. The number of rotatable bonds is 6. The summed E-state index contributed by atoms with van der Waals surface area (Å²) in [5, 5.41) is 14.7. The zero-order valence-corrected chi connectivity index (χ0v) is 11.0. The Kier molecular flexibility index (Phi) is 4.39. The van der Waals surface area contributed by atoms with Gasteiger partial charge in [0.2, 0.25) is 5.91 Å². The molecule has 1 saturated carbocycles. The summed E-state index contributed by atoms with van der Waals surface area (Å²) in [7, 11) is 0. The van der Waals surface area contributed by atoms with Crippen LogP contribution in [-0.2, 0) is 4.79 Å². The van der Waals surface area contributed by atoms with E-state index in [1.807, 2.05) is 0 Å². The van der Waals surface area contributed by atoms with Crippen molar-refractivity contribution in [2.24, 2.45) is 5.92 Å². The van der Waals surface area contributed by atoms with E-state index in [4.69, 9.17) is 16.7 Å². The van der Waals surface area contributed by atoms with Crippen molar-refractivity contribution in [1.82, 2.24) is 5.32 Å². The van der Waals surface area contributed by atoms with Crippen molar-refractivity contribution in [3.05, 3.63) is 28.8 Å². The third kappa shape index (κ3) is 4.22. The highest BCUT2D eigenvalue weighted by Gasteiger charge is 2.20. The molecule has 0 radical (unpaired) electrons. The van der Waals surface area contributed by atoms with Crippen LogP contribution in [0.3, 0.4) is 0 Å². The minimum atomic E-state index is -1.05. The Bertz CT molecular complexity index is 501. The molecule has 0 aliphatic heterocycles. The SMILES string of the molecule is O=C(CNCC1CC1)Nc1ccc(C(=O)O)cc1Cl. The molecule has 0 aromatic heterocycles. The molecule has 3 N–H and O–H groups in total. The maximum Gasteiger partial charge on any atom is 0.335 e. The number of amides is 1. The zero-order chi connectivity index (χ0) is 13.8. The highest BCUT2D eigenvalue weighted by Crippen LogP contribution is 2.27. The molecule has 0 heterocycles. The van der Waals surface area contributed by atoms with Gasteiger partial charge in [-0.3, -0.25) is 4.79 Å². The lowest BCUT2D eigenvalue weighted by molar-refractivity contribution is -0.115. The molecule has 0 unspecified atom stereocenters. The normalized spacial score (nSPS) is 14.2. The number of carbonyl (C=O) groups excluding carboxylic acids is 1. The summed E-state index contributed by atoms with van der Waals surface area (Å²) in [6.07, 6.45) is 2.47. The van der Waals surface area contributed by atoms with Crippen LogP contribution in [0.2, 0.25) is 5.02 Å². The fourth-order valence-electron chi connectivity index (χ4n) is 1.66. The molecule has 102 valence electrons. The molecule has 5 nitrogen and oxygen atoms in total. The van der Waals surface area contributed by atoms with E-state index in [2.05, 4.69) is 10.6 Å². The lowest BCUT2D eigenvalue weighted by Gasteiger charge is -2.08.